The van der Waals surface area contributed by atoms with Gasteiger partial charge in [0.05, 0.1) is 0 Å². The first-order chi connectivity index (χ1) is 1.00. The molecule has 0 rings (SSSR count). The van der Waals surface area contributed by atoms with Crippen molar-refractivity contribution >= 4 is 46.5 Å². The second-order valence-electron chi connectivity index (χ2n) is 0. The van der Waals surface area contributed by atoms with E-state index in [1.54, 1.807) is 0 Å². The summed E-state index contributed by atoms with van der Waals surface area (Å²) in [5, 5.41) is 0. The molecule has 0 radical (unpaired) electrons. The molecule has 0 bridgehead atoms. The number of halogens is 3. The van der Waals surface area contributed by atoms with Gasteiger partial charge in [0.15, 0.2) is 0 Å². The van der Waals surface area contributed by atoms with E-state index in [-0.39, 0.29) is 37.2 Å². The molecule has 0 heterocycles. The van der Waals surface area contributed by atoms with Gasteiger partial charge >= 0.3 is 0 Å². The monoisotopic (exact) mass is 156 g/mol. The van der Waals surface area contributed by atoms with Crippen LogP contribution in [0, 0.1) is 0 Å². The van der Waals surface area contributed by atoms with Crippen LogP contribution in [-0.4, -0.2) is 6.66 Å². The summed E-state index contributed by atoms with van der Waals surface area (Å²) in [5.74, 6) is 0. The Morgan fingerprint density at radius 1 is 0.800 bits per heavy atom. The minimum atomic E-state index is 0. The second-order valence-corrected chi connectivity index (χ2v) is 0. The van der Waals surface area contributed by atoms with Crippen LogP contribution in [0.5, 0.6) is 0 Å². The Labute approximate surface area is 53.5 Å². The molecule has 38 valence electrons. The predicted octanol–water partition coefficient (Wildman–Crippen LogP) is 1.76. The van der Waals surface area contributed by atoms with Crippen LogP contribution in [0.15, 0.2) is 0 Å². The number of hydrogen-bond donors (Lipinski definition) is 0. The average Bonchev–Trinajstić information content (AvgIpc) is 1.00. The molecule has 0 aromatic heterocycles. The van der Waals surface area contributed by atoms with Crippen LogP contribution in [0.25, 0.3) is 0 Å². The maximum absolute atomic E-state index is 2.42. The van der Waals surface area contributed by atoms with Gasteiger partial charge in [-0.15, -0.1) is 46.5 Å². The zero-order chi connectivity index (χ0) is 2.00. The zero-order valence-electron chi connectivity index (χ0n) is 2.80. The van der Waals surface area contributed by atoms with E-state index in [0.717, 1.165) is 0 Å². The maximum atomic E-state index is 2.42. The van der Waals surface area contributed by atoms with E-state index in [4.69, 9.17) is 0 Å². The van der Waals surface area contributed by atoms with Crippen LogP contribution in [-0.2, 0) is 0 Å². The molecule has 0 N–H and O–H groups in total. The van der Waals surface area contributed by atoms with E-state index in [2.05, 4.69) is 9.24 Å². The molecule has 0 aromatic rings. The molecule has 0 aliphatic heterocycles. The van der Waals surface area contributed by atoms with Gasteiger partial charge in [0.2, 0.25) is 0 Å². The first-order valence-electron chi connectivity index (χ1n) is 0.577. The van der Waals surface area contributed by atoms with Gasteiger partial charge in [-0.2, -0.15) is 0 Å². The summed E-state index contributed by atoms with van der Waals surface area (Å²) in [4.78, 5) is 0. The Bertz CT molecular complexity index is 6.85. The van der Waals surface area contributed by atoms with Crippen molar-refractivity contribution in [2.24, 2.45) is 0 Å². The second kappa shape index (κ2) is 58.0. The fourth-order valence-electron chi connectivity index (χ4n) is 0. The van der Waals surface area contributed by atoms with Crippen molar-refractivity contribution in [2.75, 3.05) is 6.66 Å². The Kier molecular flexibility index (Phi) is 388. The number of hydrogen-bond acceptors (Lipinski definition) is 0. The quantitative estimate of drug-likeness (QED) is 0.470. The van der Waals surface area contributed by atoms with Gasteiger partial charge in [-0.05, 0) is 0 Å². The number of rotatable bonds is 0. The van der Waals surface area contributed by atoms with Crippen molar-refractivity contribution in [3.05, 3.63) is 0 Å². The fraction of sp³-hybridized carbons (Fsp3) is 1.00. The lowest BCUT2D eigenvalue weighted by atomic mass is 12.0. The summed E-state index contributed by atoms with van der Waals surface area (Å²) < 4.78 is 0. The Balaban J connectivity index is -0.00000000167. The normalized spacial score (nSPS) is 1.20. The van der Waals surface area contributed by atoms with Crippen molar-refractivity contribution in [3.63, 3.8) is 0 Å². The van der Waals surface area contributed by atoms with E-state index in [1.165, 1.54) is 0 Å². The van der Waals surface area contributed by atoms with Crippen molar-refractivity contribution in [1.29, 1.82) is 0 Å². The average molecular weight is 157 g/mol. The third-order valence-electron chi connectivity index (χ3n) is 0. The highest BCUT2D eigenvalue weighted by Gasteiger charge is 0.906. The molecule has 0 aliphatic carbocycles. The van der Waals surface area contributed by atoms with Crippen LogP contribution >= 0.6 is 46.5 Å². The third kappa shape index (κ3) is 34.2. The highest BCUT2D eigenvalue weighted by molar-refractivity contribution is 7.15. The van der Waals surface area contributed by atoms with Gasteiger partial charge in [0.1, 0.15) is 0 Å². The standard InChI is InChI=1S/CH5P.3ClH/c1-2;;;/h2H2,1H3;3*1H. The molecule has 0 saturated carbocycles. The lowest BCUT2D eigenvalue weighted by molar-refractivity contribution is 2.53. The smallest absolute Gasteiger partial charge is 0.0500 e. The first kappa shape index (κ1) is 33.5. The molecule has 5 heavy (non-hydrogen) atoms. The summed E-state index contributed by atoms with van der Waals surface area (Å²) >= 11 is 0. The topological polar surface area (TPSA) is 0 Å². The minimum absolute atomic E-state index is 0. The summed E-state index contributed by atoms with van der Waals surface area (Å²) in [6.45, 7) is 1.92. The fourth-order valence-corrected chi connectivity index (χ4v) is 0. The van der Waals surface area contributed by atoms with Crippen molar-refractivity contribution in [2.45, 2.75) is 0 Å². The van der Waals surface area contributed by atoms with E-state index in [9.17, 15) is 0 Å². The molecule has 4 heteroatoms. The summed E-state index contributed by atoms with van der Waals surface area (Å²) in [5.41, 5.74) is 0. The Morgan fingerprint density at radius 3 is 0.800 bits per heavy atom. The van der Waals surface area contributed by atoms with E-state index >= 15 is 0 Å². The molecule has 0 amide bonds. The molecule has 0 nitrogen and oxygen atoms in total. The van der Waals surface area contributed by atoms with Gasteiger partial charge in [0.25, 0.3) is 0 Å². The molecule has 0 aromatic carbocycles. The van der Waals surface area contributed by atoms with Crippen LogP contribution in [0.4, 0.5) is 0 Å². The molecule has 0 saturated heterocycles. The van der Waals surface area contributed by atoms with E-state index < -0.39 is 0 Å². The van der Waals surface area contributed by atoms with Crippen LogP contribution < -0.4 is 0 Å². The Morgan fingerprint density at radius 2 is 0.800 bits per heavy atom. The third-order valence-corrected chi connectivity index (χ3v) is 0. The molecule has 0 aliphatic rings. The largest absolute Gasteiger partial charge is 0.147 e. The molecule has 1 atom stereocenters. The van der Waals surface area contributed by atoms with Crippen molar-refractivity contribution in [1.82, 2.24) is 0 Å². The minimum Gasteiger partial charge on any atom is -0.147 e. The lowest BCUT2D eigenvalue weighted by Gasteiger charge is -1.10. The molecule has 0 fully saturated rings. The summed E-state index contributed by atoms with van der Waals surface area (Å²) in [7, 11) is 2.42. The van der Waals surface area contributed by atoms with Gasteiger partial charge < -0.3 is 0 Å². The SMILES string of the molecule is CP.Cl.Cl.Cl. The van der Waals surface area contributed by atoms with Crippen molar-refractivity contribution in [3.8, 4) is 0 Å². The van der Waals surface area contributed by atoms with Crippen LogP contribution in [0.2, 0.25) is 0 Å². The summed E-state index contributed by atoms with van der Waals surface area (Å²) in [6.07, 6.45) is 0. The van der Waals surface area contributed by atoms with Gasteiger partial charge in [-0.25, -0.2) is 0 Å². The predicted molar refractivity (Wildman–Crippen MR) is 37.4 cm³/mol. The highest BCUT2D eigenvalue weighted by Crippen LogP contribution is 1.46. The zero-order valence-corrected chi connectivity index (χ0v) is 6.41. The molecule has 0 spiro atoms. The van der Waals surface area contributed by atoms with Crippen molar-refractivity contribution < 1.29 is 0 Å². The Hall–Kier alpha value is 1.30. The van der Waals surface area contributed by atoms with Gasteiger partial charge in [-0.3, -0.25) is 0 Å². The maximum Gasteiger partial charge on any atom is -0.0500 e. The highest BCUT2D eigenvalue weighted by atomic mass is 35.5. The van der Waals surface area contributed by atoms with E-state index in [1.807, 2.05) is 6.66 Å². The lowest BCUT2D eigenvalue weighted by Crippen LogP contribution is -0.804. The van der Waals surface area contributed by atoms with Gasteiger partial charge in [0, 0.05) is 0 Å². The van der Waals surface area contributed by atoms with E-state index in [0.29, 0.717) is 0 Å². The summed E-state index contributed by atoms with van der Waals surface area (Å²) in [6, 6.07) is 0. The molecular formula is CH8Cl3P. The van der Waals surface area contributed by atoms with Crippen LogP contribution in [0.1, 0.15) is 0 Å². The first-order valence-corrected chi connectivity index (χ1v) is 1.73. The van der Waals surface area contributed by atoms with Gasteiger partial charge in [-0.1, -0.05) is 6.66 Å². The molecule has 1 unspecified atom stereocenters. The van der Waals surface area contributed by atoms with Crippen LogP contribution in [0.3, 0.4) is 0 Å². The molecular weight excluding hydrogens is 149 g/mol.